The van der Waals surface area contributed by atoms with Gasteiger partial charge in [0, 0.05) is 0 Å². The standard InChI is InChI=1S/C20H33NO2Se/c1-13(22)21-15-9-7-5-6-8-10-16(15)24-17-14-11-12-20(4,18(17)23)19(14,2)3/h14-17H,5-12H2,1-4H3,(H,21,22)/t14?,15-,16+,17?,20?/m1/s1. The van der Waals surface area contributed by atoms with Crippen LogP contribution in [0.1, 0.15) is 79.1 Å². The van der Waals surface area contributed by atoms with E-state index in [2.05, 4.69) is 26.1 Å². The first kappa shape index (κ1) is 18.5. The van der Waals surface area contributed by atoms with Gasteiger partial charge >= 0.3 is 153 Å². The normalized spacial score (nSPS) is 41.8. The Kier molecular flexibility index (Phi) is 5.20. The van der Waals surface area contributed by atoms with Crippen LogP contribution in [0.3, 0.4) is 0 Å². The fourth-order valence-electron chi connectivity index (χ4n) is 5.39. The molecular weight excluding hydrogens is 365 g/mol. The van der Waals surface area contributed by atoms with E-state index in [1.165, 1.54) is 38.5 Å². The number of fused-ring (bicyclic) bond motifs is 2. The Morgan fingerprint density at radius 1 is 1.08 bits per heavy atom. The Bertz CT molecular complexity index is 518. The van der Waals surface area contributed by atoms with E-state index in [-0.39, 0.29) is 21.6 Å². The monoisotopic (exact) mass is 399 g/mol. The third-order valence-corrected chi connectivity index (χ3v) is 11.1. The maximum atomic E-state index is 13.2. The summed E-state index contributed by atoms with van der Waals surface area (Å²) >= 11 is 0.307. The molecule has 0 aliphatic heterocycles. The fraction of sp³-hybridized carbons (Fsp3) is 0.900. The van der Waals surface area contributed by atoms with Crippen molar-refractivity contribution in [3.8, 4) is 0 Å². The second kappa shape index (κ2) is 6.76. The van der Waals surface area contributed by atoms with Gasteiger partial charge in [-0.15, -0.1) is 0 Å². The molecule has 3 rings (SSSR count). The molecule has 0 spiro atoms. The number of Topliss-reactive ketones (excluding diaryl/α,β-unsaturated/α-hetero) is 1. The number of carbonyl (C=O) groups is 2. The van der Waals surface area contributed by atoms with Crippen molar-refractivity contribution in [1.82, 2.24) is 5.32 Å². The molecule has 0 heterocycles. The van der Waals surface area contributed by atoms with Gasteiger partial charge in [-0.25, -0.2) is 0 Å². The summed E-state index contributed by atoms with van der Waals surface area (Å²) in [5.41, 5.74) is 0.0524. The Morgan fingerprint density at radius 2 is 1.75 bits per heavy atom. The van der Waals surface area contributed by atoms with Gasteiger partial charge in [-0.05, 0) is 0 Å². The summed E-state index contributed by atoms with van der Waals surface area (Å²) in [6, 6.07) is 0.297. The van der Waals surface area contributed by atoms with Gasteiger partial charge < -0.3 is 0 Å². The van der Waals surface area contributed by atoms with Crippen LogP contribution in [0.4, 0.5) is 0 Å². The molecule has 0 aromatic carbocycles. The first-order chi connectivity index (χ1) is 11.3. The zero-order chi connectivity index (χ0) is 17.5. The molecule has 24 heavy (non-hydrogen) atoms. The molecular formula is C20H33NO2Se. The molecule has 136 valence electrons. The molecule has 2 bridgehead atoms. The van der Waals surface area contributed by atoms with Crippen molar-refractivity contribution in [3.63, 3.8) is 0 Å². The molecule has 4 heteroatoms. The molecule has 3 aliphatic carbocycles. The number of carbonyl (C=O) groups excluding carboxylic acids is 2. The summed E-state index contributed by atoms with van der Waals surface area (Å²) in [6.45, 7) is 8.49. The molecule has 0 radical (unpaired) electrons. The van der Waals surface area contributed by atoms with Crippen molar-refractivity contribution >= 4 is 26.6 Å². The van der Waals surface area contributed by atoms with Gasteiger partial charge in [0.25, 0.3) is 0 Å². The average molecular weight is 398 g/mol. The molecule has 1 amide bonds. The van der Waals surface area contributed by atoms with Crippen LogP contribution in [0.2, 0.25) is 9.63 Å². The first-order valence-electron chi connectivity index (χ1n) is 9.74. The molecule has 0 aromatic rings. The Hall–Kier alpha value is -0.341. The average Bonchev–Trinajstić information content (AvgIpc) is 2.79. The van der Waals surface area contributed by atoms with E-state index in [4.69, 9.17) is 0 Å². The predicted octanol–water partition coefficient (Wildman–Crippen LogP) is 4.15. The van der Waals surface area contributed by atoms with Crippen LogP contribution in [0.15, 0.2) is 0 Å². The number of hydrogen-bond acceptors (Lipinski definition) is 2. The number of nitrogens with one attached hydrogen (secondary N) is 1. The molecule has 3 unspecified atom stereocenters. The van der Waals surface area contributed by atoms with Gasteiger partial charge in [-0.3, -0.25) is 0 Å². The Balaban J connectivity index is 1.77. The SMILES string of the molecule is CC(=O)N[C@@H]1CCCCCC[C@@H]1[Se]C1C(=O)C2(C)CCC1C2(C)C. The van der Waals surface area contributed by atoms with Crippen molar-refractivity contribution in [1.29, 1.82) is 0 Å². The molecule has 0 aromatic heterocycles. The number of ketones is 1. The fourth-order valence-corrected chi connectivity index (χ4v) is 9.84. The zero-order valence-corrected chi connectivity index (χ0v) is 17.4. The number of amides is 1. The molecule has 3 nitrogen and oxygen atoms in total. The number of rotatable bonds is 3. The predicted molar refractivity (Wildman–Crippen MR) is 98.2 cm³/mol. The summed E-state index contributed by atoms with van der Waals surface area (Å²) in [7, 11) is 0. The maximum absolute atomic E-state index is 13.2. The van der Waals surface area contributed by atoms with E-state index >= 15 is 0 Å². The molecule has 3 aliphatic rings. The third kappa shape index (κ3) is 2.98. The van der Waals surface area contributed by atoms with Crippen LogP contribution in [0.5, 0.6) is 0 Å². The molecule has 1 N–H and O–H groups in total. The van der Waals surface area contributed by atoms with Gasteiger partial charge in [0.2, 0.25) is 0 Å². The van der Waals surface area contributed by atoms with Gasteiger partial charge in [-0.2, -0.15) is 0 Å². The van der Waals surface area contributed by atoms with Gasteiger partial charge in [0.15, 0.2) is 0 Å². The van der Waals surface area contributed by atoms with Crippen LogP contribution in [-0.2, 0) is 9.59 Å². The minimum atomic E-state index is -0.102. The third-order valence-electron chi connectivity index (χ3n) is 7.38. The zero-order valence-electron chi connectivity index (χ0n) is 15.7. The van der Waals surface area contributed by atoms with Crippen LogP contribution in [-0.4, -0.2) is 32.7 Å². The van der Waals surface area contributed by atoms with Crippen molar-refractivity contribution < 1.29 is 9.59 Å². The van der Waals surface area contributed by atoms with Crippen LogP contribution in [0, 0.1) is 16.7 Å². The Labute approximate surface area is 153 Å². The van der Waals surface area contributed by atoms with Gasteiger partial charge in [0.1, 0.15) is 0 Å². The van der Waals surface area contributed by atoms with E-state index in [1.807, 2.05) is 0 Å². The summed E-state index contributed by atoms with van der Waals surface area (Å²) in [5.74, 6) is 1.21. The first-order valence-corrected chi connectivity index (χ1v) is 11.7. The van der Waals surface area contributed by atoms with Gasteiger partial charge in [-0.1, -0.05) is 0 Å². The topological polar surface area (TPSA) is 46.2 Å². The summed E-state index contributed by atoms with van der Waals surface area (Å²) < 4.78 is 0. The van der Waals surface area contributed by atoms with E-state index in [1.54, 1.807) is 6.92 Å². The van der Waals surface area contributed by atoms with Crippen molar-refractivity contribution in [2.75, 3.05) is 0 Å². The van der Waals surface area contributed by atoms with Gasteiger partial charge in [0.05, 0.1) is 0 Å². The van der Waals surface area contributed by atoms with Crippen LogP contribution >= 0.6 is 0 Å². The van der Waals surface area contributed by atoms with E-state index < -0.39 is 0 Å². The second-order valence-electron chi connectivity index (χ2n) is 8.96. The summed E-state index contributed by atoms with van der Waals surface area (Å²) in [6.07, 6.45) is 9.65. The molecule has 3 fully saturated rings. The van der Waals surface area contributed by atoms with Crippen LogP contribution < -0.4 is 5.32 Å². The quantitative estimate of drug-likeness (QED) is 0.726. The van der Waals surface area contributed by atoms with Crippen LogP contribution in [0.25, 0.3) is 0 Å². The van der Waals surface area contributed by atoms with E-state index in [0.29, 0.717) is 37.5 Å². The summed E-state index contributed by atoms with van der Waals surface area (Å²) in [5, 5.41) is 3.23. The molecule has 0 saturated heterocycles. The van der Waals surface area contributed by atoms with Crippen molar-refractivity contribution in [2.24, 2.45) is 16.7 Å². The summed E-state index contributed by atoms with van der Waals surface area (Å²) in [4.78, 5) is 25.7. The second-order valence-corrected chi connectivity index (χ2v) is 11.9. The van der Waals surface area contributed by atoms with E-state index in [0.717, 1.165) is 12.8 Å². The van der Waals surface area contributed by atoms with Crippen molar-refractivity contribution in [2.45, 2.75) is 94.7 Å². The van der Waals surface area contributed by atoms with Crippen molar-refractivity contribution in [3.05, 3.63) is 0 Å². The van der Waals surface area contributed by atoms with E-state index in [9.17, 15) is 9.59 Å². The number of hydrogen-bond donors (Lipinski definition) is 1. The minimum absolute atomic E-state index is 0.0907. The molecule has 3 saturated carbocycles. The Morgan fingerprint density at radius 3 is 2.33 bits per heavy atom. The molecule has 5 atom stereocenters.